The summed E-state index contributed by atoms with van der Waals surface area (Å²) >= 11 is 11.4. The maximum absolute atomic E-state index is 11.9. The van der Waals surface area contributed by atoms with Crippen LogP contribution in [0.5, 0.6) is 0 Å². The number of carbonyl (C=O) groups excluding carboxylic acids is 3. The monoisotopic (exact) mass is 376 g/mol. The molecule has 1 rings (SSSR count). The highest BCUT2D eigenvalue weighted by Gasteiger charge is 2.23. The van der Waals surface area contributed by atoms with Crippen LogP contribution in [0.25, 0.3) is 0 Å². The molecule has 0 aliphatic heterocycles. The molecule has 1 heterocycles. The number of carbonyl (C=O) groups is 3. The average Bonchev–Trinajstić information content (AvgIpc) is 2.53. The first-order valence-electron chi connectivity index (χ1n) is 7.10. The van der Waals surface area contributed by atoms with E-state index >= 15 is 0 Å². The molecule has 0 aliphatic rings. The van der Waals surface area contributed by atoms with E-state index in [0.29, 0.717) is 6.42 Å². The minimum atomic E-state index is -0.798. The molecule has 0 radical (unpaired) electrons. The molecule has 1 aromatic rings. The molecule has 0 spiro atoms. The number of methoxy groups -OCH3 is 1. The molecule has 0 fully saturated rings. The van der Waals surface area contributed by atoms with Gasteiger partial charge in [0.2, 0.25) is 0 Å². The number of nitrogens with zero attached hydrogens (tertiary/aromatic N) is 1. The van der Waals surface area contributed by atoms with Crippen LogP contribution in [-0.2, 0) is 19.1 Å². The molecule has 7 nitrogen and oxygen atoms in total. The Labute approximate surface area is 149 Å². The fourth-order valence-corrected chi connectivity index (χ4v) is 2.08. The Morgan fingerprint density at radius 2 is 1.96 bits per heavy atom. The van der Waals surface area contributed by atoms with Gasteiger partial charge in [-0.2, -0.15) is 0 Å². The van der Waals surface area contributed by atoms with Crippen molar-refractivity contribution in [3.05, 3.63) is 28.0 Å². The third-order valence-corrected chi connectivity index (χ3v) is 3.58. The highest BCUT2D eigenvalue weighted by atomic mass is 35.5. The molecule has 9 heteroatoms. The van der Waals surface area contributed by atoms with Gasteiger partial charge in [0, 0.05) is 6.20 Å². The van der Waals surface area contributed by atoms with Crippen LogP contribution in [0, 0.1) is 5.92 Å². The topological polar surface area (TPSA) is 94.6 Å². The van der Waals surface area contributed by atoms with E-state index < -0.39 is 30.5 Å². The normalized spacial score (nSPS) is 11.8. The van der Waals surface area contributed by atoms with Crippen LogP contribution < -0.4 is 5.32 Å². The van der Waals surface area contributed by atoms with Gasteiger partial charge < -0.3 is 14.8 Å². The number of hydrogen-bond donors (Lipinski definition) is 1. The van der Waals surface area contributed by atoms with Gasteiger partial charge in [-0.1, -0.05) is 37.0 Å². The molecule has 0 bridgehead atoms. The summed E-state index contributed by atoms with van der Waals surface area (Å²) in [7, 11) is 1.24. The molecule has 132 valence electrons. The second-order valence-corrected chi connectivity index (χ2v) is 6.11. The summed E-state index contributed by atoms with van der Waals surface area (Å²) in [6, 6.07) is 0.487. The fourth-order valence-electron chi connectivity index (χ4n) is 1.81. The van der Waals surface area contributed by atoms with Gasteiger partial charge in [-0.25, -0.2) is 14.6 Å². The van der Waals surface area contributed by atoms with Crippen LogP contribution >= 0.6 is 23.2 Å². The standard InChI is InChI=1S/C15H18Cl2N2O5/c1-8(2)4-11(15(22)23-3)19-12(20)7-24-14(21)9-5-10(16)13(17)18-6-9/h5-6,8,11H,4,7H2,1-3H3,(H,19,20). The first kappa shape index (κ1) is 20.2. The van der Waals surface area contributed by atoms with Crippen molar-refractivity contribution >= 4 is 41.0 Å². The van der Waals surface area contributed by atoms with Crippen molar-refractivity contribution < 1.29 is 23.9 Å². The zero-order valence-electron chi connectivity index (χ0n) is 13.5. The minimum absolute atomic E-state index is 0.0561. The fraction of sp³-hybridized carbons (Fsp3) is 0.467. The predicted octanol–water partition coefficient (Wildman–Crippen LogP) is 2.25. The number of aromatic nitrogens is 1. The Bertz CT molecular complexity index is 622. The molecule has 24 heavy (non-hydrogen) atoms. The van der Waals surface area contributed by atoms with Gasteiger partial charge in [0.1, 0.15) is 11.2 Å². The second-order valence-electron chi connectivity index (χ2n) is 5.35. The number of pyridine rings is 1. The van der Waals surface area contributed by atoms with Gasteiger partial charge in [-0.05, 0) is 18.4 Å². The molecule has 1 amide bonds. The first-order valence-corrected chi connectivity index (χ1v) is 7.85. The van der Waals surface area contributed by atoms with Gasteiger partial charge in [0.15, 0.2) is 6.61 Å². The molecule has 0 aliphatic carbocycles. The molecule has 1 unspecified atom stereocenters. The lowest BCUT2D eigenvalue weighted by atomic mass is 10.0. The van der Waals surface area contributed by atoms with Crippen molar-refractivity contribution in [2.24, 2.45) is 5.92 Å². The SMILES string of the molecule is COC(=O)C(CC(C)C)NC(=O)COC(=O)c1cnc(Cl)c(Cl)c1. The Kier molecular flexibility index (Phi) is 7.94. The van der Waals surface area contributed by atoms with E-state index in [1.807, 2.05) is 13.8 Å². The van der Waals surface area contributed by atoms with Gasteiger partial charge >= 0.3 is 11.9 Å². The van der Waals surface area contributed by atoms with Crippen molar-refractivity contribution in [3.8, 4) is 0 Å². The number of rotatable bonds is 7. The summed E-state index contributed by atoms with van der Waals surface area (Å²) in [6.07, 6.45) is 1.59. The molecule has 1 aromatic heterocycles. The number of halogens is 2. The van der Waals surface area contributed by atoms with Gasteiger partial charge in [0.05, 0.1) is 17.7 Å². The summed E-state index contributed by atoms with van der Waals surface area (Å²) in [5.41, 5.74) is 0.0592. The zero-order valence-corrected chi connectivity index (χ0v) is 15.0. The quantitative estimate of drug-likeness (QED) is 0.579. The van der Waals surface area contributed by atoms with Crippen LogP contribution in [0.1, 0.15) is 30.6 Å². The van der Waals surface area contributed by atoms with Crippen molar-refractivity contribution in [2.75, 3.05) is 13.7 Å². The molecule has 1 N–H and O–H groups in total. The molecule has 0 aromatic carbocycles. The van der Waals surface area contributed by atoms with Crippen molar-refractivity contribution in [2.45, 2.75) is 26.3 Å². The maximum atomic E-state index is 11.9. The third kappa shape index (κ3) is 6.33. The Balaban J connectivity index is 2.58. The summed E-state index contributed by atoms with van der Waals surface area (Å²) < 4.78 is 9.50. The minimum Gasteiger partial charge on any atom is -0.467 e. The van der Waals surface area contributed by atoms with Crippen molar-refractivity contribution in [1.29, 1.82) is 0 Å². The zero-order chi connectivity index (χ0) is 18.3. The molecular weight excluding hydrogens is 359 g/mol. The summed E-state index contributed by atoms with van der Waals surface area (Å²) in [5.74, 6) is -1.79. The summed E-state index contributed by atoms with van der Waals surface area (Å²) in [5, 5.41) is 2.62. The summed E-state index contributed by atoms with van der Waals surface area (Å²) in [6.45, 7) is 3.25. The second kappa shape index (κ2) is 9.44. The van der Waals surface area contributed by atoms with E-state index in [0.717, 1.165) is 0 Å². The number of amides is 1. The van der Waals surface area contributed by atoms with Crippen LogP contribution in [0.2, 0.25) is 10.2 Å². The van der Waals surface area contributed by atoms with Crippen molar-refractivity contribution in [3.63, 3.8) is 0 Å². The summed E-state index contributed by atoms with van der Waals surface area (Å²) in [4.78, 5) is 39.0. The number of hydrogen-bond acceptors (Lipinski definition) is 6. The lowest BCUT2D eigenvalue weighted by molar-refractivity contribution is -0.145. The number of ether oxygens (including phenoxy) is 2. The van der Waals surface area contributed by atoms with Crippen LogP contribution in [0.15, 0.2) is 12.3 Å². The molecule has 0 saturated carbocycles. The van der Waals surface area contributed by atoms with Crippen LogP contribution in [-0.4, -0.2) is 42.6 Å². The number of nitrogens with one attached hydrogen (secondary N) is 1. The Hall–Kier alpha value is -1.86. The third-order valence-electron chi connectivity index (χ3n) is 2.89. The largest absolute Gasteiger partial charge is 0.467 e. The van der Waals surface area contributed by atoms with E-state index in [2.05, 4.69) is 15.0 Å². The first-order chi connectivity index (χ1) is 11.2. The molecular formula is C15H18Cl2N2O5. The average molecular weight is 377 g/mol. The molecule has 1 atom stereocenters. The van der Waals surface area contributed by atoms with E-state index in [4.69, 9.17) is 27.9 Å². The highest BCUT2D eigenvalue weighted by molar-refractivity contribution is 6.41. The van der Waals surface area contributed by atoms with Gasteiger partial charge in [0.25, 0.3) is 5.91 Å². The highest BCUT2D eigenvalue weighted by Crippen LogP contribution is 2.20. The predicted molar refractivity (Wildman–Crippen MR) is 87.9 cm³/mol. The van der Waals surface area contributed by atoms with Crippen molar-refractivity contribution in [1.82, 2.24) is 10.3 Å². The van der Waals surface area contributed by atoms with E-state index in [1.54, 1.807) is 0 Å². The molecule has 0 saturated heterocycles. The lowest BCUT2D eigenvalue weighted by Crippen LogP contribution is -2.44. The van der Waals surface area contributed by atoms with Gasteiger partial charge in [-0.3, -0.25) is 4.79 Å². The van der Waals surface area contributed by atoms with E-state index in [1.165, 1.54) is 19.4 Å². The Morgan fingerprint density at radius 1 is 1.29 bits per heavy atom. The van der Waals surface area contributed by atoms with Gasteiger partial charge in [-0.15, -0.1) is 0 Å². The van der Waals surface area contributed by atoms with E-state index in [9.17, 15) is 14.4 Å². The van der Waals surface area contributed by atoms with Crippen LogP contribution in [0.4, 0.5) is 0 Å². The maximum Gasteiger partial charge on any atom is 0.340 e. The number of esters is 2. The lowest BCUT2D eigenvalue weighted by Gasteiger charge is -2.18. The van der Waals surface area contributed by atoms with E-state index in [-0.39, 0.29) is 21.7 Å². The van der Waals surface area contributed by atoms with Crippen LogP contribution in [0.3, 0.4) is 0 Å². The Morgan fingerprint density at radius 3 is 2.50 bits per heavy atom. The smallest absolute Gasteiger partial charge is 0.340 e.